The molecule has 8 heteroatoms. The molecule has 0 aliphatic carbocycles. The molecule has 0 amide bonds. The van der Waals surface area contributed by atoms with Gasteiger partial charge in [0.1, 0.15) is 5.69 Å². The SMILES string of the molecule is Cc1cc2c(B(O)O)cccc2n1-c1nc2c(c(NCc3ccccc3)n1)N1CCCCC1C2. The fourth-order valence-electron chi connectivity index (χ4n) is 5.54. The van der Waals surface area contributed by atoms with Crippen LogP contribution in [0.25, 0.3) is 16.9 Å². The topological polar surface area (TPSA) is 86.4 Å². The van der Waals surface area contributed by atoms with Crippen LogP contribution in [0, 0.1) is 6.92 Å². The number of rotatable bonds is 5. The van der Waals surface area contributed by atoms with Crippen LogP contribution in [-0.2, 0) is 13.0 Å². The van der Waals surface area contributed by atoms with Gasteiger partial charge in [-0.15, -0.1) is 0 Å². The van der Waals surface area contributed by atoms with Crippen LogP contribution in [-0.4, -0.2) is 44.3 Å². The van der Waals surface area contributed by atoms with Gasteiger partial charge in [-0.3, -0.25) is 4.57 Å². The summed E-state index contributed by atoms with van der Waals surface area (Å²) >= 11 is 0. The Morgan fingerprint density at radius 2 is 1.91 bits per heavy atom. The summed E-state index contributed by atoms with van der Waals surface area (Å²) < 4.78 is 2.02. The summed E-state index contributed by atoms with van der Waals surface area (Å²) in [5.74, 6) is 1.49. The molecule has 1 saturated heterocycles. The van der Waals surface area contributed by atoms with Crippen LogP contribution in [0.1, 0.15) is 36.2 Å². The van der Waals surface area contributed by atoms with Crippen molar-refractivity contribution in [1.29, 1.82) is 0 Å². The number of fused-ring (bicyclic) bond motifs is 4. The summed E-state index contributed by atoms with van der Waals surface area (Å²) in [5, 5.41) is 24.1. The Labute approximate surface area is 199 Å². The maximum Gasteiger partial charge on any atom is 0.489 e. The van der Waals surface area contributed by atoms with Crippen molar-refractivity contribution in [3.8, 4) is 5.95 Å². The number of aryl methyl sites for hydroxylation is 1. The van der Waals surface area contributed by atoms with E-state index in [9.17, 15) is 10.0 Å². The zero-order valence-electron chi connectivity index (χ0n) is 19.3. The first-order valence-electron chi connectivity index (χ1n) is 12.0. The van der Waals surface area contributed by atoms with Gasteiger partial charge in [-0.05, 0) is 49.3 Å². The Morgan fingerprint density at radius 1 is 1.06 bits per heavy atom. The molecule has 2 aromatic carbocycles. The fraction of sp³-hybridized carbons (Fsp3) is 0.308. The highest BCUT2D eigenvalue weighted by Gasteiger charge is 2.36. The third kappa shape index (κ3) is 3.54. The average Bonchev–Trinajstić information content (AvgIpc) is 3.39. The highest BCUT2D eigenvalue weighted by Crippen LogP contribution is 2.41. The van der Waals surface area contributed by atoms with Crippen molar-refractivity contribution in [2.45, 2.75) is 45.2 Å². The molecule has 4 heterocycles. The lowest BCUT2D eigenvalue weighted by Gasteiger charge is -2.32. The van der Waals surface area contributed by atoms with E-state index in [2.05, 4.69) is 34.5 Å². The highest BCUT2D eigenvalue weighted by atomic mass is 16.4. The van der Waals surface area contributed by atoms with Gasteiger partial charge in [0.25, 0.3) is 0 Å². The minimum atomic E-state index is -1.53. The maximum absolute atomic E-state index is 9.86. The zero-order chi connectivity index (χ0) is 23.2. The lowest BCUT2D eigenvalue weighted by Crippen LogP contribution is -2.36. The summed E-state index contributed by atoms with van der Waals surface area (Å²) in [7, 11) is -1.53. The van der Waals surface area contributed by atoms with E-state index in [1.807, 2.05) is 35.8 Å². The van der Waals surface area contributed by atoms with Gasteiger partial charge in [0.15, 0.2) is 5.82 Å². The largest absolute Gasteiger partial charge is 0.489 e. The predicted molar refractivity (Wildman–Crippen MR) is 136 cm³/mol. The molecule has 2 aliphatic rings. The summed E-state index contributed by atoms with van der Waals surface area (Å²) in [6.45, 7) is 3.74. The minimum Gasteiger partial charge on any atom is -0.423 e. The molecule has 1 fully saturated rings. The molecule has 1 atom stereocenters. The van der Waals surface area contributed by atoms with Crippen molar-refractivity contribution in [3.05, 3.63) is 71.5 Å². The van der Waals surface area contributed by atoms with Crippen molar-refractivity contribution in [2.24, 2.45) is 0 Å². The summed E-state index contributed by atoms with van der Waals surface area (Å²) in [6.07, 6.45) is 4.58. The molecule has 7 nitrogen and oxygen atoms in total. The Hall–Kier alpha value is -3.36. The van der Waals surface area contributed by atoms with E-state index in [1.165, 1.54) is 24.8 Å². The van der Waals surface area contributed by atoms with Gasteiger partial charge in [0, 0.05) is 36.6 Å². The Kier molecular flexibility index (Phi) is 5.27. The second-order valence-corrected chi connectivity index (χ2v) is 9.33. The van der Waals surface area contributed by atoms with Crippen molar-refractivity contribution in [2.75, 3.05) is 16.8 Å². The van der Waals surface area contributed by atoms with Crippen molar-refractivity contribution < 1.29 is 10.0 Å². The van der Waals surface area contributed by atoms with Gasteiger partial charge in [0.05, 0.1) is 11.2 Å². The normalized spacial score (nSPS) is 17.0. The Morgan fingerprint density at radius 3 is 2.74 bits per heavy atom. The zero-order valence-corrected chi connectivity index (χ0v) is 19.3. The van der Waals surface area contributed by atoms with Gasteiger partial charge in [-0.2, -0.15) is 4.98 Å². The molecule has 2 aromatic heterocycles. The van der Waals surface area contributed by atoms with Gasteiger partial charge >= 0.3 is 7.12 Å². The number of hydrogen-bond donors (Lipinski definition) is 3. The van der Waals surface area contributed by atoms with E-state index in [0.717, 1.165) is 46.8 Å². The first-order valence-corrected chi connectivity index (χ1v) is 12.0. The Bertz CT molecular complexity index is 1350. The number of hydrogen-bond acceptors (Lipinski definition) is 6. The number of nitrogens with zero attached hydrogens (tertiary/aromatic N) is 4. The standard InChI is InChI=1S/C26H28BN5O2/c1-17-14-20-21(27(33)34)11-7-12-23(20)32(17)26-29-22-15-19-10-5-6-13-31(19)24(22)25(30-26)28-16-18-8-3-2-4-9-18/h2-4,7-9,11-12,14,19,33-34H,5-6,10,13,15-16H2,1H3,(H,28,29,30). The molecule has 4 aromatic rings. The molecule has 3 N–H and O–H groups in total. The second kappa shape index (κ2) is 8.45. The molecule has 1 unspecified atom stereocenters. The fourth-order valence-corrected chi connectivity index (χ4v) is 5.54. The lowest BCUT2D eigenvalue weighted by molar-refractivity contribution is 0.426. The summed E-state index contributed by atoms with van der Waals surface area (Å²) in [5.41, 5.74) is 5.74. The van der Waals surface area contributed by atoms with E-state index in [4.69, 9.17) is 9.97 Å². The maximum atomic E-state index is 9.86. The van der Waals surface area contributed by atoms with Gasteiger partial charge in [0.2, 0.25) is 5.95 Å². The molecule has 34 heavy (non-hydrogen) atoms. The second-order valence-electron chi connectivity index (χ2n) is 9.33. The van der Waals surface area contributed by atoms with Crippen LogP contribution < -0.4 is 15.7 Å². The minimum absolute atomic E-state index is 0.486. The smallest absolute Gasteiger partial charge is 0.423 e. The first-order chi connectivity index (χ1) is 16.6. The molecule has 6 rings (SSSR count). The molecular weight excluding hydrogens is 425 g/mol. The van der Waals surface area contributed by atoms with Crippen LogP contribution in [0.4, 0.5) is 11.5 Å². The van der Waals surface area contributed by atoms with Crippen LogP contribution in [0.3, 0.4) is 0 Å². The molecule has 2 aliphatic heterocycles. The average molecular weight is 453 g/mol. The monoisotopic (exact) mass is 453 g/mol. The quantitative estimate of drug-likeness (QED) is 0.403. The molecule has 0 spiro atoms. The van der Waals surface area contributed by atoms with Gasteiger partial charge in [-0.1, -0.05) is 42.5 Å². The lowest BCUT2D eigenvalue weighted by atomic mass is 9.78. The van der Waals surface area contributed by atoms with Crippen LogP contribution in [0.15, 0.2) is 54.6 Å². The molecule has 172 valence electrons. The first kappa shape index (κ1) is 21.2. The molecule has 0 radical (unpaired) electrons. The van der Waals surface area contributed by atoms with Crippen LogP contribution in [0.5, 0.6) is 0 Å². The molecular formula is C26H28BN5O2. The molecule has 0 saturated carbocycles. The van der Waals surface area contributed by atoms with E-state index in [1.54, 1.807) is 6.07 Å². The van der Waals surface area contributed by atoms with E-state index >= 15 is 0 Å². The van der Waals surface area contributed by atoms with Gasteiger partial charge < -0.3 is 20.3 Å². The van der Waals surface area contributed by atoms with Crippen molar-refractivity contribution in [1.82, 2.24) is 14.5 Å². The number of piperidine rings is 1. The van der Waals surface area contributed by atoms with Crippen molar-refractivity contribution >= 4 is 35.0 Å². The Balaban J connectivity index is 1.48. The number of benzene rings is 2. The third-order valence-electron chi connectivity index (χ3n) is 7.13. The van der Waals surface area contributed by atoms with Crippen LogP contribution in [0.2, 0.25) is 0 Å². The van der Waals surface area contributed by atoms with Gasteiger partial charge in [-0.25, -0.2) is 4.98 Å². The molecule has 0 bridgehead atoms. The van der Waals surface area contributed by atoms with E-state index in [-0.39, 0.29) is 0 Å². The number of anilines is 2. The van der Waals surface area contributed by atoms with E-state index in [0.29, 0.717) is 24.0 Å². The summed E-state index contributed by atoms with van der Waals surface area (Å²) in [4.78, 5) is 12.6. The van der Waals surface area contributed by atoms with E-state index < -0.39 is 7.12 Å². The van der Waals surface area contributed by atoms with Crippen LogP contribution >= 0.6 is 0 Å². The highest BCUT2D eigenvalue weighted by molar-refractivity contribution is 6.61. The predicted octanol–water partition coefficient (Wildman–Crippen LogP) is 2.94. The number of nitrogens with one attached hydrogen (secondary N) is 1. The number of aromatic nitrogens is 3. The summed E-state index contributed by atoms with van der Waals surface area (Å²) in [6, 6.07) is 18.4. The third-order valence-corrected chi connectivity index (χ3v) is 7.13. The van der Waals surface area contributed by atoms with Crippen molar-refractivity contribution in [3.63, 3.8) is 0 Å².